The first kappa shape index (κ1) is 19.0. The van der Waals surface area contributed by atoms with Gasteiger partial charge in [-0.1, -0.05) is 18.2 Å². The number of sulfonamides is 1. The van der Waals surface area contributed by atoms with Gasteiger partial charge in [-0.3, -0.25) is 4.72 Å². The maximum atomic E-state index is 12.8. The fourth-order valence-electron chi connectivity index (χ4n) is 2.56. The first-order valence-corrected chi connectivity index (χ1v) is 9.29. The number of aromatic nitrogens is 1. The Morgan fingerprint density at radius 3 is 2.26 bits per heavy atom. The van der Waals surface area contributed by atoms with Crippen LogP contribution in [0.2, 0.25) is 0 Å². The van der Waals surface area contributed by atoms with Crippen molar-refractivity contribution in [2.75, 3.05) is 4.72 Å². The molecule has 0 saturated carbocycles. The van der Waals surface area contributed by atoms with Crippen molar-refractivity contribution in [2.24, 2.45) is 0 Å². The van der Waals surface area contributed by atoms with Gasteiger partial charge in [-0.25, -0.2) is 13.4 Å². The molecule has 1 N–H and O–H groups in total. The molecule has 27 heavy (non-hydrogen) atoms. The van der Waals surface area contributed by atoms with E-state index in [0.29, 0.717) is 22.9 Å². The molecule has 0 aliphatic rings. The van der Waals surface area contributed by atoms with Gasteiger partial charge in [-0.05, 0) is 37.3 Å². The lowest BCUT2D eigenvalue weighted by atomic mass is 10.1. The van der Waals surface area contributed by atoms with Gasteiger partial charge >= 0.3 is 6.18 Å². The van der Waals surface area contributed by atoms with E-state index >= 15 is 0 Å². The quantitative estimate of drug-likeness (QED) is 0.689. The van der Waals surface area contributed by atoms with Gasteiger partial charge in [0.2, 0.25) is 0 Å². The third-order valence-electron chi connectivity index (χ3n) is 3.78. The number of aryl methyl sites for hydroxylation is 2. The molecule has 0 fully saturated rings. The number of oxazole rings is 1. The molecular weight excluding hydrogens is 381 g/mol. The maximum Gasteiger partial charge on any atom is 0.416 e. The number of halogens is 3. The third kappa shape index (κ3) is 4.13. The highest BCUT2D eigenvalue weighted by Crippen LogP contribution is 2.31. The molecule has 0 radical (unpaired) electrons. The average Bonchev–Trinajstić information content (AvgIpc) is 2.92. The maximum absolute atomic E-state index is 12.8. The van der Waals surface area contributed by atoms with Gasteiger partial charge in [0.15, 0.2) is 5.89 Å². The Morgan fingerprint density at radius 1 is 1.04 bits per heavy atom. The molecule has 0 amide bonds. The minimum Gasteiger partial charge on any atom is -0.446 e. The highest BCUT2D eigenvalue weighted by Gasteiger charge is 2.30. The molecule has 0 saturated heterocycles. The zero-order valence-electron chi connectivity index (χ0n) is 14.3. The Kier molecular flexibility index (Phi) is 4.73. The Labute approximate surface area is 153 Å². The fourth-order valence-corrected chi connectivity index (χ4v) is 3.61. The van der Waals surface area contributed by atoms with E-state index in [0.717, 1.165) is 18.2 Å². The van der Waals surface area contributed by atoms with Crippen LogP contribution in [0.3, 0.4) is 0 Å². The summed E-state index contributed by atoms with van der Waals surface area (Å²) in [5.41, 5.74) is 0.163. The van der Waals surface area contributed by atoms with E-state index in [1.165, 1.54) is 18.2 Å². The van der Waals surface area contributed by atoms with Crippen molar-refractivity contribution >= 4 is 15.7 Å². The van der Waals surface area contributed by atoms with Gasteiger partial charge in [0.05, 0.1) is 10.5 Å². The summed E-state index contributed by atoms with van der Waals surface area (Å²) in [6.45, 7) is 3.45. The Bertz CT molecular complexity index is 1070. The second-order valence-electron chi connectivity index (χ2n) is 5.85. The highest BCUT2D eigenvalue weighted by atomic mass is 32.2. The number of anilines is 1. The van der Waals surface area contributed by atoms with Crippen molar-refractivity contribution in [1.82, 2.24) is 4.98 Å². The predicted molar refractivity (Wildman–Crippen MR) is 93.7 cm³/mol. The molecule has 0 unspecified atom stereocenters. The van der Waals surface area contributed by atoms with E-state index in [2.05, 4.69) is 9.71 Å². The molecule has 5 nitrogen and oxygen atoms in total. The second kappa shape index (κ2) is 6.73. The first-order valence-electron chi connectivity index (χ1n) is 7.81. The zero-order valence-corrected chi connectivity index (χ0v) is 15.1. The summed E-state index contributed by atoms with van der Waals surface area (Å²) < 4.78 is 70.7. The summed E-state index contributed by atoms with van der Waals surface area (Å²) in [6, 6.07) is 9.84. The van der Waals surface area contributed by atoms with Gasteiger partial charge in [0, 0.05) is 18.2 Å². The minimum atomic E-state index is -4.56. The highest BCUT2D eigenvalue weighted by molar-refractivity contribution is 7.92. The number of hydrogen-bond donors (Lipinski definition) is 1. The van der Waals surface area contributed by atoms with E-state index in [4.69, 9.17) is 4.42 Å². The predicted octanol–water partition coefficient (Wildman–Crippen LogP) is 4.78. The van der Waals surface area contributed by atoms with Gasteiger partial charge in [-0.2, -0.15) is 13.2 Å². The van der Waals surface area contributed by atoms with Crippen molar-refractivity contribution in [2.45, 2.75) is 24.9 Å². The molecule has 3 rings (SSSR count). The van der Waals surface area contributed by atoms with Gasteiger partial charge in [-0.15, -0.1) is 0 Å². The van der Waals surface area contributed by atoms with E-state index < -0.39 is 21.8 Å². The number of hydrogen-bond acceptors (Lipinski definition) is 4. The number of alkyl halides is 3. The molecule has 3 aromatic rings. The third-order valence-corrected chi connectivity index (χ3v) is 5.18. The van der Waals surface area contributed by atoms with E-state index in [1.54, 1.807) is 26.0 Å². The summed E-state index contributed by atoms with van der Waals surface area (Å²) in [5, 5.41) is 0. The monoisotopic (exact) mass is 396 g/mol. The molecule has 2 aromatic carbocycles. The average molecular weight is 396 g/mol. The standard InChI is InChI=1S/C18H15F3N2O3S/c1-11-17(22-12(2)26-11)13-6-8-16(9-7-13)27(24,25)23-15-5-3-4-14(10-15)18(19,20)21/h3-10,23H,1-2H3. The van der Waals surface area contributed by atoms with Crippen LogP contribution in [0.25, 0.3) is 11.3 Å². The molecule has 0 bridgehead atoms. The van der Waals surface area contributed by atoms with Gasteiger partial charge in [0.25, 0.3) is 10.0 Å². The van der Waals surface area contributed by atoms with E-state index in [-0.39, 0.29) is 10.6 Å². The number of rotatable bonds is 4. The molecule has 142 valence electrons. The molecule has 0 atom stereocenters. The lowest BCUT2D eigenvalue weighted by Gasteiger charge is -2.11. The van der Waals surface area contributed by atoms with Gasteiger partial charge < -0.3 is 4.42 Å². The molecule has 1 heterocycles. The van der Waals surface area contributed by atoms with Crippen LogP contribution >= 0.6 is 0 Å². The second-order valence-corrected chi connectivity index (χ2v) is 7.53. The minimum absolute atomic E-state index is 0.0819. The van der Waals surface area contributed by atoms with Crippen LogP contribution < -0.4 is 4.72 Å². The first-order chi connectivity index (χ1) is 12.6. The summed E-state index contributed by atoms with van der Waals surface area (Å²) in [6.07, 6.45) is -4.56. The number of nitrogens with zero attached hydrogens (tertiary/aromatic N) is 1. The summed E-state index contributed by atoms with van der Waals surface area (Å²) in [4.78, 5) is 4.15. The fraction of sp³-hybridized carbons (Fsp3) is 0.167. The Hall–Kier alpha value is -2.81. The van der Waals surface area contributed by atoms with Crippen LogP contribution in [0, 0.1) is 13.8 Å². The van der Waals surface area contributed by atoms with Crippen LogP contribution in [0.5, 0.6) is 0 Å². The van der Waals surface area contributed by atoms with Crippen LogP contribution in [0.1, 0.15) is 17.2 Å². The molecule has 0 spiro atoms. The van der Waals surface area contributed by atoms with E-state index in [1.807, 2.05) is 0 Å². The molecule has 1 aromatic heterocycles. The topological polar surface area (TPSA) is 72.2 Å². The van der Waals surface area contributed by atoms with Crippen LogP contribution in [-0.4, -0.2) is 13.4 Å². The summed E-state index contributed by atoms with van der Waals surface area (Å²) in [7, 11) is -4.04. The van der Waals surface area contributed by atoms with E-state index in [9.17, 15) is 21.6 Å². The Morgan fingerprint density at radius 2 is 1.70 bits per heavy atom. The van der Waals surface area contributed by atoms with Crippen molar-refractivity contribution in [1.29, 1.82) is 0 Å². The molecule has 0 aliphatic heterocycles. The SMILES string of the molecule is Cc1nc(-c2ccc(S(=O)(=O)Nc3cccc(C(F)(F)F)c3)cc2)c(C)o1. The zero-order chi connectivity index (χ0) is 19.8. The number of nitrogens with one attached hydrogen (secondary N) is 1. The smallest absolute Gasteiger partial charge is 0.416 e. The molecular formula is C18H15F3N2O3S. The van der Waals surface area contributed by atoms with Crippen LogP contribution in [-0.2, 0) is 16.2 Å². The largest absolute Gasteiger partial charge is 0.446 e. The van der Waals surface area contributed by atoms with Crippen molar-refractivity contribution in [3.8, 4) is 11.3 Å². The van der Waals surface area contributed by atoms with Gasteiger partial charge in [0.1, 0.15) is 11.5 Å². The lowest BCUT2D eigenvalue weighted by molar-refractivity contribution is -0.137. The van der Waals surface area contributed by atoms with Crippen LogP contribution in [0.4, 0.5) is 18.9 Å². The lowest BCUT2D eigenvalue weighted by Crippen LogP contribution is -2.14. The van der Waals surface area contributed by atoms with Crippen LogP contribution in [0.15, 0.2) is 57.8 Å². The van der Waals surface area contributed by atoms with Crippen molar-refractivity contribution in [3.05, 3.63) is 65.7 Å². The van der Waals surface area contributed by atoms with Crippen molar-refractivity contribution < 1.29 is 26.0 Å². The summed E-state index contributed by atoms with van der Waals surface area (Å²) >= 11 is 0. The Balaban J connectivity index is 1.86. The number of benzene rings is 2. The molecule has 0 aliphatic carbocycles. The summed E-state index contributed by atoms with van der Waals surface area (Å²) in [5.74, 6) is 1.09. The van der Waals surface area contributed by atoms with Crippen molar-refractivity contribution in [3.63, 3.8) is 0 Å². The molecule has 9 heteroatoms. The normalized spacial score (nSPS) is 12.2.